The zero-order valence-corrected chi connectivity index (χ0v) is 12.2. The third-order valence-electron chi connectivity index (χ3n) is 3.11. The fourth-order valence-electron chi connectivity index (χ4n) is 2.03. The Kier molecular flexibility index (Phi) is 4.37. The summed E-state index contributed by atoms with van der Waals surface area (Å²) < 4.78 is 6.67. The van der Waals surface area contributed by atoms with E-state index in [1.807, 2.05) is 30.3 Å². The summed E-state index contributed by atoms with van der Waals surface area (Å²) in [4.78, 5) is 23.2. The second-order valence-electron chi connectivity index (χ2n) is 4.54. The molecule has 0 bridgehead atoms. The molecule has 21 heavy (non-hydrogen) atoms. The van der Waals surface area contributed by atoms with Crippen LogP contribution < -0.4 is 5.32 Å². The number of benzene rings is 1. The van der Waals surface area contributed by atoms with Crippen LogP contribution in [0.15, 0.2) is 30.3 Å². The molecule has 110 valence electrons. The highest BCUT2D eigenvalue weighted by Gasteiger charge is 2.21. The first-order chi connectivity index (χ1) is 10.0. The van der Waals surface area contributed by atoms with E-state index in [1.54, 1.807) is 18.5 Å². The van der Waals surface area contributed by atoms with Crippen molar-refractivity contribution < 1.29 is 14.3 Å². The average Bonchev–Trinajstić information content (AvgIpc) is 2.80. The van der Waals surface area contributed by atoms with Crippen molar-refractivity contribution in [3.63, 3.8) is 0 Å². The Hall–Kier alpha value is -2.63. The Morgan fingerprint density at radius 3 is 2.52 bits per heavy atom. The molecule has 1 N–H and O–H groups in total. The minimum atomic E-state index is -0.546. The number of nitrogens with zero attached hydrogens (tertiary/aromatic N) is 2. The highest BCUT2D eigenvalue weighted by atomic mass is 16.5. The van der Waals surface area contributed by atoms with Crippen LogP contribution in [0.2, 0.25) is 0 Å². The lowest BCUT2D eigenvalue weighted by atomic mass is 10.2. The zero-order valence-electron chi connectivity index (χ0n) is 12.2. The van der Waals surface area contributed by atoms with Crippen LogP contribution in [0.5, 0.6) is 0 Å². The van der Waals surface area contributed by atoms with Gasteiger partial charge in [-0.25, -0.2) is 9.48 Å². The molecule has 2 aromatic rings. The van der Waals surface area contributed by atoms with Gasteiger partial charge in [-0.1, -0.05) is 18.2 Å². The maximum Gasteiger partial charge on any atom is 0.342 e. The Morgan fingerprint density at radius 1 is 1.24 bits per heavy atom. The second-order valence-corrected chi connectivity index (χ2v) is 4.54. The van der Waals surface area contributed by atoms with E-state index in [-0.39, 0.29) is 12.5 Å². The van der Waals surface area contributed by atoms with Crippen LogP contribution in [-0.4, -0.2) is 35.3 Å². The number of aryl methyl sites for hydroxylation is 1. The number of amides is 1. The van der Waals surface area contributed by atoms with E-state index in [9.17, 15) is 9.59 Å². The van der Waals surface area contributed by atoms with Gasteiger partial charge in [0.15, 0.2) is 6.61 Å². The molecule has 1 aromatic carbocycles. The molecule has 0 fully saturated rings. The lowest BCUT2D eigenvalue weighted by Crippen LogP contribution is -2.25. The van der Waals surface area contributed by atoms with Crippen molar-refractivity contribution in [2.45, 2.75) is 13.8 Å². The first-order valence-electron chi connectivity index (χ1n) is 6.54. The van der Waals surface area contributed by atoms with Crippen molar-refractivity contribution in [2.75, 3.05) is 13.7 Å². The Bertz CT molecular complexity index is 662. The van der Waals surface area contributed by atoms with Gasteiger partial charge in [0.1, 0.15) is 5.56 Å². The number of esters is 1. The van der Waals surface area contributed by atoms with E-state index in [4.69, 9.17) is 4.74 Å². The average molecular weight is 287 g/mol. The van der Waals surface area contributed by atoms with Crippen molar-refractivity contribution in [2.24, 2.45) is 0 Å². The molecule has 1 amide bonds. The molecule has 6 nitrogen and oxygen atoms in total. The molecule has 0 saturated carbocycles. The smallest absolute Gasteiger partial charge is 0.342 e. The molecule has 0 aliphatic heterocycles. The minimum absolute atomic E-state index is 0.301. The molecule has 1 heterocycles. The Balaban J connectivity index is 2.27. The van der Waals surface area contributed by atoms with Crippen molar-refractivity contribution in [1.82, 2.24) is 15.1 Å². The molecule has 2 rings (SSSR count). The third-order valence-corrected chi connectivity index (χ3v) is 3.11. The van der Waals surface area contributed by atoms with E-state index in [1.165, 1.54) is 7.05 Å². The number of rotatable bonds is 4. The number of likely N-dealkylation sites (N-methyl/N-ethyl adjacent to an activating group) is 1. The highest BCUT2D eigenvalue weighted by Crippen LogP contribution is 2.18. The molecule has 0 unspecified atom stereocenters. The maximum atomic E-state index is 12.1. The lowest BCUT2D eigenvalue weighted by Gasteiger charge is -2.06. The number of hydrogen-bond acceptors (Lipinski definition) is 4. The van der Waals surface area contributed by atoms with Crippen LogP contribution in [0.3, 0.4) is 0 Å². The number of carbonyl (C=O) groups is 2. The first kappa shape index (κ1) is 14.8. The second kappa shape index (κ2) is 6.21. The minimum Gasteiger partial charge on any atom is -0.452 e. The van der Waals surface area contributed by atoms with Gasteiger partial charge in [-0.3, -0.25) is 4.79 Å². The summed E-state index contributed by atoms with van der Waals surface area (Å²) in [6.07, 6.45) is 0. The Labute approximate surface area is 122 Å². The van der Waals surface area contributed by atoms with E-state index in [2.05, 4.69) is 10.4 Å². The number of aromatic nitrogens is 2. The molecule has 1 aromatic heterocycles. The normalized spacial score (nSPS) is 10.2. The van der Waals surface area contributed by atoms with Gasteiger partial charge < -0.3 is 10.1 Å². The van der Waals surface area contributed by atoms with E-state index in [0.29, 0.717) is 17.0 Å². The summed E-state index contributed by atoms with van der Waals surface area (Å²) in [6.45, 7) is 3.23. The van der Waals surface area contributed by atoms with Gasteiger partial charge in [0, 0.05) is 7.05 Å². The van der Waals surface area contributed by atoms with Crippen molar-refractivity contribution in [3.05, 3.63) is 47.3 Å². The first-order valence-corrected chi connectivity index (χ1v) is 6.54. The highest BCUT2D eigenvalue weighted by molar-refractivity contribution is 5.93. The molecule has 0 atom stereocenters. The van der Waals surface area contributed by atoms with E-state index >= 15 is 0 Å². The topological polar surface area (TPSA) is 73.2 Å². The fraction of sp³-hybridized carbons (Fsp3) is 0.267. The number of nitrogens with one attached hydrogen (secondary N) is 1. The Morgan fingerprint density at radius 2 is 1.90 bits per heavy atom. The molecular formula is C15H17N3O3. The van der Waals surface area contributed by atoms with Crippen LogP contribution in [0, 0.1) is 13.8 Å². The summed E-state index contributed by atoms with van der Waals surface area (Å²) in [6, 6.07) is 9.51. The predicted molar refractivity (Wildman–Crippen MR) is 77.4 cm³/mol. The van der Waals surface area contributed by atoms with Crippen molar-refractivity contribution >= 4 is 11.9 Å². The van der Waals surface area contributed by atoms with Gasteiger partial charge >= 0.3 is 5.97 Å². The molecule has 0 aliphatic rings. The molecule has 0 radical (unpaired) electrons. The molecular weight excluding hydrogens is 270 g/mol. The number of ether oxygens (including phenoxy) is 1. The van der Waals surface area contributed by atoms with Gasteiger partial charge in [-0.15, -0.1) is 0 Å². The summed E-state index contributed by atoms with van der Waals surface area (Å²) >= 11 is 0. The zero-order chi connectivity index (χ0) is 15.4. The van der Waals surface area contributed by atoms with Gasteiger partial charge in [0.2, 0.25) is 0 Å². The van der Waals surface area contributed by atoms with Gasteiger partial charge in [0.05, 0.1) is 17.1 Å². The van der Waals surface area contributed by atoms with Crippen LogP contribution in [-0.2, 0) is 9.53 Å². The number of hydrogen-bond donors (Lipinski definition) is 1. The summed E-state index contributed by atoms with van der Waals surface area (Å²) in [7, 11) is 1.49. The molecule has 0 saturated heterocycles. The quantitative estimate of drug-likeness (QED) is 0.862. The molecule has 0 aliphatic carbocycles. The molecule has 6 heteroatoms. The van der Waals surface area contributed by atoms with Crippen LogP contribution >= 0.6 is 0 Å². The summed E-state index contributed by atoms with van der Waals surface area (Å²) in [5.74, 6) is -0.898. The number of carbonyl (C=O) groups excluding carboxylic acids is 2. The maximum absolute atomic E-state index is 12.1. The van der Waals surface area contributed by atoms with E-state index < -0.39 is 5.97 Å². The SMILES string of the molecule is CNC(=O)COC(=O)c1c(C)nn(-c2ccccc2)c1C. The summed E-state index contributed by atoms with van der Waals surface area (Å²) in [5, 5.41) is 6.76. The standard InChI is InChI=1S/C15H17N3O3/c1-10-14(15(20)21-9-13(19)16-3)11(2)18(17-10)12-7-5-4-6-8-12/h4-8H,9H2,1-3H3,(H,16,19). The fourth-order valence-corrected chi connectivity index (χ4v) is 2.03. The van der Waals surface area contributed by atoms with Gasteiger partial charge in [0.25, 0.3) is 5.91 Å². The third kappa shape index (κ3) is 3.10. The van der Waals surface area contributed by atoms with Gasteiger partial charge in [-0.05, 0) is 26.0 Å². The molecule has 0 spiro atoms. The number of para-hydroxylation sites is 1. The largest absolute Gasteiger partial charge is 0.452 e. The van der Waals surface area contributed by atoms with Crippen LogP contribution in [0.25, 0.3) is 5.69 Å². The van der Waals surface area contributed by atoms with Crippen LogP contribution in [0.1, 0.15) is 21.7 Å². The summed E-state index contributed by atoms with van der Waals surface area (Å²) in [5.41, 5.74) is 2.50. The van der Waals surface area contributed by atoms with Crippen molar-refractivity contribution in [3.8, 4) is 5.69 Å². The lowest BCUT2D eigenvalue weighted by molar-refractivity contribution is -0.123. The van der Waals surface area contributed by atoms with Crippen LogP contribution in [0.4, 0.5) is 0 Å². The van der Waals surface area contributed by atoms with Gasteiger partial charge in [-0.2, -0.15) is 5.10 Å². The predicted octanol–water partition coefficient (Wildman–Crippen LogP) is 1.39. The monoisotopic (exact) mass is 287 g/mol. The van der Waals surface area contributed by atoms with Crippen molar-refractivity contribution in [1.29, 1.82) is 0 Å². The van der Waals surface area contributed by atoms with E-state index in [0.717, 1.165) is 5.69 Å².